The van der Waals surface area contributed by atoms with Gasteiger partial charge in [0.1, 0.15) is 15.8 Å². The Morgan fingerprint density at radius 1 is 1.10 bits per heavy atom. The molecule has 0 N–H and O–H groups in total. The van der Waals surface area contributed by atoms with Crippen LogP contribution in [-0.4, -0.2) is 34.9 Å². The summed E-state index contributed by atoms with van der Waals surface area (Å²) >= 11 is 6.60. The normalized spacial score (nSPS) is 15.0. The van der Waals surface area contributed by atoms with Crippen LogP contribution in [0, 0.1) is 13.8 Å². The summed E-state index contributed by atoms with van der Waals surface area (Å²) in [6.07, 6.45) is 4.26. The van der Waals surface area contributed by atoms with E-state index in [1.165, 1.54) is 17.3 Å². The summed E-state index contributed by atoms with van der Waals surface area (Å²) in [6, 6.07) is 13.8. The van der Waals surface area contributed by atoms with E-state index in [1.807, 2.05) is 49.4 Å². The van der Waals surface area contributed by atoms with E-state index in [2.05, 4.69) is 19.6 Å². The Bertz CT molecular complexity index is 984. The minimum atomic E-state index is -0.0958. The molecule has 1 aliphatic heterocycles. The van der Waals surface area contributed by atoms with Gasteiger partial charge in [0, 0.05) is 18.5 Å². The number of carbonyl (C=O) groups excluding carboxylic acids is 1. The number of hydrogen-bond acceptors (Lipinski definition) is 5. The molecule has 30 heavy (non-hydrogen) atoms. The number of nitrogens with zero attached hydrogens (tertiary/aromatic N) is 1. The number of carbonyl (C=O) groups is 1. The van der Waals surface area contributed by atoms with Crippen molar-refractivity contribution in [3.63, 3.8) is 0 Å². The van der Waals surface area contributed by atoms with E-state index in [1.54, 1.807) is 11.0 Å². The van der Waals surface area contributed by atoms with Gasteiger partial charge in [-0.25, -0.2) is 0 Å². The lowest BCUT2D eigenvalue weighted by Gasteiger charge is -2.12. The third-order valence-corrected chi connectivity index (χ3v) is 5.90. The van der Waals surface area contributed by atoms with Gasteiger partial charge in [0.05, 0.1) is 18.1 Å². The Morgan fingerprint density at radius 3 is 2.57 bits per heavy atom. The third-order valence-electron chi connectivity index (χ3n) is 4.53. The lowest BCUT2D eigenvalue weighted by atomic mass is 10.1. The molecule has 0 saturated carbocycles. The molecule has 1 heterocycles. The summed E-state index contributed by atoms with van der Waals surface area (Å²) in [5, 5.41) is 0. The molecule has 0 bridgehead atoms. The molecule has 0 aromatic heterocycles. The van der Waals surface area contributed by atoms with E-state index in [0.717, 1.165) is 29.0 Å². The van der Waals surface area contributed by atoms with Crippen molar-refractivity contribution in [3.8, 4) is 11.5 Å². The van der Waals surface area contributed by atoms with E-state index in [9.17, 15) is 4.79 Å². The average molecular weight is 440 g/mol. The number of para-hydroxylation sites is 1. The second kappa shape index (κ2) is 10.5. The van der Waals surface area contributed by atoms with Crippen LogP contribution in [0.3, 0.4) is 0 Å². The number of aryl methyl sites for hydroxylation is 2. The molecule has 1 saturated heterocycles. The maximum Gasteiger partial charge on any atom is 0.266 e. The molecule has 2 aromatic rings. The zero-order valence-electron chi connectivity index (χ0n) is 17.2. The number of thiocarbonyl (C=S) groups is 1. The summed E-state index contributed by atoms with van der Waals surface area (Å²) in [7, 11) is 0. The van der Waals surface area contributed by atoms with Crippen molar-refractivity contribution < 1.29 is 14.3 Å². The Hall–Kier alpha value is -2.57. The average Bonchev–Trinajstić information content (AvgIpc) is 2.98. The molecule has 0 unspecified atom stereocenters. The molecule has 0 spiro atoms. The van der Waals surface area contributed by atoms with Gasteiger partial charge in [-0.2, -0.15) is 0 Å². The second-order valence-electron chi connectivity index (χ2n) is 6.94. The van der Waals surface area contributed by atoms with Gasteiger partial charge >= 0.3 is 0 Å². The first-order chi connectivity index (χ1) is 14.5. The summed E-state index contributed by atoms with van der Waals surface area (Å²) < 4.78 is 12.4. The lowest BCUT2D eigenvalue weighted by Crippen LogP contribution is -2.27. The van der Waals surface area contributed by atoms with E-state index < -0.39 is 0 Å². The van der Waals surface area contributed by atoms with Crippen LogP contribution in [0.2, 0.25) is 0 Å². The van der Waals surface area contributed by atoms with Crippen LogP contribution in [0.25, 0.3) is 6.08 Å². The highest BCUT2D eigenvalue weighted by atomic mass is 32.2. The largest absolute Gasteiger partial charge is 0.493 e. The minimum Gasteiger partial charge on any atom is -0.493 e. The number of amides is 1. The Morgan fingerprint density at radius 2 is 1.83 bits per heavy atom. The van der Waals surface area contributed by atoms with Gasteiger partial charge in [0.15, 0.2) is 0 Å². The molecule has 3 rings (SSSR count). The Kier molecular flexibility index (Phi) is 7.71. The monoisotopic (exact) mass is 439 g/mol. The second-order valence-corrected chi connectivity index (χ2v) is 8.61. The first-order valence-corrected chi connectivity index (χ1v) is 11.0. The van der Waals surface area contributed by atoms with Gasteiger partial charge < -0.3 is 9.47 Å². The number of hydrogen-bond donors (Lipinski definition) is 0. The van der Waals surface area contributed by atoms with Crippen LogP contribution in [0.4, 0.5) is 0 Å². The van der Waals surface area contributed by atoms with Crippen LogP contribution in [0.5, 0.6) is 11.5 Å². The molecule has 0 aliphatic carbocycles. The quantitative estimate of drug-likeness (QED) is 0.222. The summed E-state index contributed by atoms with van der Waals surface area (Å²) in [5.74, 6) is 1.54. The third kappa shape index (κ3) is 5.52. The van der Waals surface area contributed by atoms with Crippen molar-refractivity contribution in [2.75, 3.05) is 19.8 Å². The standard InChI is InChI=1S/C24H25NO3S2/c1-4-12-25-23(26)22(30-24(25)29)16-19-8-5-6-9-21(19)28-14-7-13-27-20-11-10-17(2)15-18(20)3/h4-6,8-11,15-16H,1,7,12-14H2,2-3H3/b22-16+. The highest BCUT2D eigenvalue weighted by Crippen LogP contribution is 2.34. The molecule has 4 nitrogen and oxygen atoms in total. The molecule has 1 fully saturated rings. The Balaban J connectivity index is 1.57. The molecule has 2 aromatic carbocycles. The van der Waals surface area contributed by atoms with Crippen molar-refractivity contribution >= 4 is 40.3 Å². The Labute approximate surface area is 187 Å². The molecular weight excluding hydrogens is 414 g/mol. The van der Waals surface area contributed by atoms with E-state index in [-0.39, 0.29) is 5.91 Å². The molecular formula is C24H25NO3S2. The van der Waals surface area contributed by atoms with E-state index >= 15 is 0 Å². The van der Waals surface area contributed by atoms with Gasteiger partial charge in [-0.3, -0.25) is 9.69 Å². The maximum atomic E-state index is 12.5. The van der Waals surface area contributed by atoms with Gasteiger partial charge in [-0.15, -0.1) is 6.58 Å². The first-order valence-electron chi connectivity index (χ1n) is 9.77. The van der Waals surface area contributed by atoms with Gasteiger partial charge in [-0.1, -0.05) is 66.0 Å². The van der Waals surface area contributed by atoms with Crippen molar-refractivity contribution in [3.05, 3.63) is 76.7 Å². The molecule has 1 aliphatic rings. The summed E-state index contributed by atoms with van der Waals surface area (Å²) in [5.41, 5.74) is 3.21. The van der Waals surface area contributed by atoms with Crippen molar-refractivity contribution in [2.45, 2.75) is 20.3 Å². The van der Waals surface area contributed by atoms with E-state index in [0.29, 0.717) is 29.0 Å². The summed E-state index contributed by atoms with van der Waals surface area (Å²) in [6.45, 7) is 9.31. The summed E-state index contributed by atoms with van der Waals surface area (Å²) in [4.78, 5) is 14.7. The number of rotatable bonds is 9. The fourth-order valence-electron chi connectivity index (χ4n) is 3.04. The predicted octanol–water partition coefficient (Wildman–Crippen LogP) is 5.54. The molecule has 1 amide bonds. The molecule has 0 radical (unpaired) electrons. The van der Waals surface area contributed by atoms with E-state index in [4.69, 9.17) is 21.7 Å². The SMILES string of the molecule is C=CCN1C(=O)/C(=C\c2ccccc2OCCCOc2ccc(C)cc2C)SC1=S. The van der Waals surface area contributed by atoms with Crippen molar-refractivity contribution in [1.29, 1.82) is 0 Å². The van der Waals surface area contributed by atoms with Gasteiger partial charge in [-0.05, 0) is 37.6 Å². The fraction of sp³-hybridized carbons (Fsp3) is 0.250. The number of ether oxygens (including phenoxy) is 2. The maximum absolute atomic E-state index is 12.5. The zero-order valence-corrected chi connectivity index (χ0v) is 18.9. The van der Waals surface area contributed by atoms with Crippen LogP contribution in [0.1, 0.15) is 23.1 Å². The predicted molar refractivity (Wildman–Crippen MR) is 128 cm³/mol. The number of thioether (sulfide) groups is 1. The highest BCUT2D eigenvalue weighted by Gasteiger charge is 2.31. The van der Waals surface area contributed by atoms with Gasteiger partial charge in [0.25, 0.3) is 5.91 Å². The fourth-order valence-corrected chi connectivity index (χ4v) is 4.31. The van der Waals surface area contributed by atoms with Crippen LogP contribution in [-0.2, 0) is 4.79 Å². The topological polar surface area (TPSA) is 38.8 Å². The minimum absolute atomic E-state index is 0.0958. The zero-order chi connectivity index (χ0) is 21.5. The first kappa shape index (κ1) is 22.1. The molecule has 0 atom stereocenters. The smallest absolute Gasteiger partial charge is 0.266 e. The number of benzene rings is 2. The highest BCUT2D eigenvalue weighted by molar-refractivity contribution is 8.26. The van der Waals surface area contributed by atoms with Gasteiger partial charge in [0.2, 0.25) is 0 Å². The molecule has 6 heteroatoms. The van der Waals surface area contributed by atoms with Crippen LogP contribution >= 0.6 is 24.0 Å². The van der Waals surface area contributed by atoms with Crippen LogP contribution in [0.15, 0.2) is 60.0 Å². The molecule has 156 valence electrons. The van der Waals surface area contributed by atoms with Crippen LogP contribution < -0.4 is 9.47 Å². The van der Waals surface area contributed by atoms with Crippen molar-refractivity contribution in [2.24, 2.45) is 0 Å². The van der Waals surface area contributed by atoms with Crippen molar-refractivity contribution in [1.82, 2.24) is 4.90 Å². The lowest BCUT2D eigenvalue weighted by molar-refractivity contribution is -0.121.